The summed E-state index contributed by atoms with van der Waals surface area (Å²) in [6, 6.07) is 8.04. The fourth-order valence-electron chi connectivity index (χ4n) is 8.28. The number of hydrogen-bond donors (Lipinski definition) is 1. The molecule has 3 fully saturated rings. The standard InChI is InChI=1S/C38H64O9SSi2/c1-33(2,3)49(11,12)45-25-26-20-21-29(47-50(13,14)34(4,5)6)36(9)24-28-30(31(39)44-10)35(7,8)37(41,32(40)38(26,36)46-28)22-23-48(42,43)27-18-16-15-17-19-27/h15-19,26,28-30,41H,20-25H2,1-14H3/t26-,28-,29+,30+,36-,37-,38-/m1/s1. The van der Waals surface area contributed by atoms with Gasteiger partial charge in [-0.15, -0.1) is 0 Å². The van der Waals surface area contributed by atoms with E-state index in [1.54, 1.807) is 32.0 Å². The molecule has 1 spiro atoms. The molecule has 0 unspecified atom stereocenters. The minimum absolute atomic E-state index is 0.0896. The van der Waals surface area contributed by atoms with Crippen molar-refractivity contribution in [3.05, 3.63) is 30.3 Å². The number of Topliss-reactive ketones (excluding diaryl/α,β-unsaturated/α-hetero) is 1. The molecule has 12 heteroatoms. The van der Waals surface area contributed by atoms with Gasteiger partial charge in [-0.25, -0.2) is 8.42 Å². The molecule has 0 radical (unpaired) electrons. The first kappa shape index (κ1) is 41.3. The molecule has 7 atom stereocenters. The maximum absolute atomic E-state index is 15.8. The lowest BCUT2D eigenvalue weighted by Crippen LogP contribution is -2.72. The van der Waals surface area contributed by atoms with Gasteiger partial charge in [0.1, 0.15) is 11.2 Å². The number of ether oxygens (including phenoxy) is 2. The van der Waals surface area contributed by atoms with Gasteiger partial charge in [-0.05, 0) is 74.1 Å². The fourth-order valence-corrected chi connectivity index (χ4v) is 12.1. The van der Waals surface area contributed by atoms with E-state index in [1.807, 2.05) is 6.92 Å². The molecule has 284 valence electrons. The molecule has 50 heavy (non-hydrogen) atoms. The van der Waals surface area contributed by atoms with Crippen molar-refractivity contribution in [1.29, 1.82) is 0 Å². The van der Waals surface area contributed by atoms with Crippen LogP contribution in [0.3, 0.4) is 0 Å². The van der Waals surface area contributed by atoms with Crippen LogP contribution >= 0.6 is 0 Å². The highest BCUT2D eigenvalue weighted by molar-refractivity contribution is 7.91. The Morgan fingerprint density at radius 3 is 2.04 bits per heavy atom. The lowest BCUT2D eigenvalue weighted by atomic mass is 9.49. The molecule has 2 aliphatic heterocycles. The Hall–Kier alpha value is -1.42. The second kappa shape index (κ2) is 13.2. The molecule has 4 rings (SSSR count). The molecule has 1 saturated carbocycles. The van der Waals surface area contributed by atoms with E-state index in [9.17, 15) is 18.3 Å². The Labute approximate surface area is 303 Å². The lowest BCUT2D eigenvalue weighted by molar-refractivity contribution is -0.205. The summed E-state index contributed by atoms with van der Waals surface area (Å²) in [6.45, 7) is 27.4. The number of hydrogen-bond acceptors (Lipinski definition) is 9. The summed E-state index contributed by atoms with van der Waals surface area (Å²) in [4.78, 5) is 29.8. The first-order valence-electron chi connectivity index (χ1n) is 18.2. The summed E-state index contributed by atoms with van der Waals surface area (Å²) in [6.07, 6.45) is -0.0587. The van der Waals surface area contributed by atoms with Gasteiger partial charge in [0.05, 0.1) is 35.9 Å². The molecule has 1 N–H and O–H groups in total. The number of aliphatic hydroxyl groups is 1. The zero-order valence-corrected chi connectivity index (χ0v) is 35.9. The molecule has 2 bridgehead atoms. The van der Waals surface area contributed by atoms with Crippen LogP contribution in [0.4, 0.5) is 0 Å². The molecule has 1 aromatic carbocycles. The van der Waals surface area contributed by atoms with E-state index in [-0.39, 0.29) is 21.6 Å². The summed E-state index contributed by atoms with van der Waals surface area (Å²) < 4.78 is 53.9. The SMILES string of the molecule is COC(=O)[C@@H]1[C@H]2C[C@]3(C)[C@@H](O[Si](C)(C)C(C)(C)C)CC[C@H](CO[Si](C)(C)C(C)(C)C)[C@@]3(O2)C(=O)[C@](O)(CCS(=O)(=O)c2ccccc2)C1(C)C. The normalized spacial score (nSPS) is 33.5. The van der Waals surface area contributed by atoms with Crippen LogP contribution in [0.15, 0.2) is 35.2 Å². The fraction of sp³-hybridized carbons (Fsp3) is 0.789. The number of ketones is 1. The van der Waals surface area contributed by atoms with Crippen LogP contribution in [0.1, 0.15) is 88.0 Å². The summed E-state index contributed by atoms with van der Waals surface area (Å²) in [5.74, 6) is -3.21. The van der Waals surface area contributed by atoms with E-state index in [0.29, 0.717) is 19.3 Å². The molecule has 1 aliphatic carbocycles. The quantitative estimate of drug-likeness (QED) is 0.193. The van der Waals surface area contributed by atoms with Crippen LogP contribution in [0.2, 0.25) is 36.3 Å². The lowest BCUT2D eigenvalue weighted by Gasteiger charge is -2.59. The van der Waals surface area contributed by atoms with Gasteiger partial charge in [0.25, 0.3) is 0 Å². The van der Waals surface area contributed by atoms with Crippen molar-refractivity contribution in [2.24, 2.45) is 22.7 Å². The van der Waals surface area contributed by atoms with Crippen LogP contribution < -0.4 is 0 Å². The molecule has 2 saturated heterocycles. The number of rotatable bonds is 10. The third kappa shape index (κ3) is 6.55. The van der Waals surface area contributed by atoms with E-state index >= 15 is 4.79 Å². The third-order valence-electron chi connectivity index (χ3n) is 13.8. The van der Waals surface area contributed by atoms with Crippen molar-refractivity contribution in [2.75, 3.05) is 19.5 Å². The number of methoxy groups -OCH3 is 1. The molecule has 9 nitrogen and oxygen atoms in total. The topological polar surface area (TPSA) is 125 Å². The van der Waals surface area contributed by atoms with Crippen molar-refractivity contribution in [3.8, 4) is 0 Å². The van der Waals surface area contributed by atoms with Crippen LogP contribution in [-0.2, 0) is 37.8 Å². The van der Waals surface area contributed by atoms with E-state index in [2.05, 4.69) is 67.7 Å². The van der Waals surface area contributed by atoms with Crippen LogP contribution in [0.5, 0.6) is 0 Å². The van der Waals surface area contributed by atoms with Gasteiger partial charge >= 0.3 is 5.97 Å². The molecule has 1 aromatic rings. The van der Waals surface area contributed by atoms with Crippen LogP contribution in [0, 0.1) is 22.7 Å². The van der Waals surface area contributed by atoms with E-state index in [1.165, 1.54) is 19.2 Å². The number of fused-ring (bicyclic) bond motifs is 1. The monoisotopic (exact) mass is 752 g/mol. The van der Waals surface area contributed by atoms with Crippen molar-refractivity contribution >= 4 is 38.2 Å². The zero-order chi connectivity index (χ0) is 38.1. The van der Waals surface area contributed by atoms with Crippen LogP contribution in [-0.4, -0.2) is 84.8 Å². The second-order valence-corrected chi connectivity index (χ2v) is 30.7. The van der Waals surface area contributed by atoms with Gasteiger partial charge in [-0.2, -0.15) is 0 Å². The first-order valence-corrected chi connectivity index (χ1v) is 25.7. The Balaban J connectivity index is 1.95. The van der Waals surface area contributed by atoms with Gasteiger partial charge < -0.3 is 23.4 Å². The van der Waals surface area contributed by atoms with E-state index < -0.39 is 96.5 Å². The van der Waals surface area contributed by atoms with Crippen molar-refractivity contribution in [3.63, 3.8) is 0 Å². The first-order chi connectivity index (χ1) is 22.6. The highest BCUT2D eigenvalue weighted by Gasteiger charge is 2.78. The maximum Gasteiger partial charge on any atom is 0.311 e. The minimum atomic E-state index is -3.90. The van der Waals surface area contributed by atoms with Gasteiger partial charge in [-0.3, -0.25) is 9.59 Å². The van der Waals surface area contributed by atoms with Crippen LogP contribution in [0.25, 0.3) is 0 Å². The van der Waals surface area contributed by atoms with Crippen molar-refractivity contribution in [1.82, 2.24) is 0 Å². The number of benzene rings is 1. The Bertz CT molecular complexity index is 1550. The highest BCUT2D eigenvalue weighted by Crippen LogP contribution is 2.67. The van der Waals surface area contributed by atoms with E-state index in [0.717, 1.165) is 0 Å². The average Bonchev–Trinajstić information content (AvgIpc) is 3.30. The number of carbonyl (C=O) groups excluding carboxylic acids is 2. The summed E-state index contributed by atoms with van der Waals surface area (Å²) in [7, 11) is -7.30. The largest absolute Gasteiger partial charge is 0.469 e. The van der Waals surface area contributed by atoms with Crippen molar-refractivity contribution in [2.45, 2.75) is 153 Å². The molecular formula is C38H64O9SSi2. The number of carbonyl (C=O) groups is 2. The third-order valence-corrected chi connectivity index (χ3v) is 24.5. The molecular weight excluding hydrogens is 689 g/mol. The van der Waals surface area contributed by atoms with Gasteiger partial charge in [0, 0.05) is 23.4 Å². The maximum atomic E-state index is 15.8. The average molecular weight is 753 g/mol. The summed E-state index contributed by atoms with van der Waals surface area (Å²) in [5, 5.41) is 12.9. The smallest absolute Gasteiger partial charge is 0.311 e. The van der Waals surface area contributed by atoms with Gasteiger partial charge in [0.2, 0.25) is 0 Å². The molecule has 0 aromatic heterocycles. The van der Waals surface area contributed by atoms with Gasteiger partial charge in [-0.1, -0.05) is 80.5 Å². The molecule has 3 aliphatic rings. The summed E-state index contributed by atoms with van der Waals surface area (Å²) in [5.41, 5.74) is -6.30. The minimum Gasteiger partial charge on any atom is -0.469 e. The number of sulfone groups is 1. The second-order valence-electron chi connectivity index (χ2n) is 19.0. The highest BCUT2D eigenvalue weighted by atomic mass is 32.2. The predicted molar refractivity (Wildman–Crippen MR) is 201 cm³/mol. The molecule has 0 amide bonds. The van der Waals surface area contributed by atoms with Crippen molar-refractivity contribution < 1.29 is 41.4 Å². The predicted octanol–water partition coefficient (Wildman–Crippen LogP) is 7.34. The summed E-state index contributed by atoms with van der Waals surface area (Å²) >= 11 is 0. The molecule has 2 heterocycles. The number of esters is 1. The zero-order valence-electron chi connectivity index (χ0n) is 33.1. The van der Waals surface area contributed by atoms with Gasteiger partial charge in [0.15, 0.2) is 32.3 Å². The van der Waals surface area contributed by atoms with E-state index in [4.69, 9.17) is 18.3 Å². The Kier molecular flexibility index (Phi) is 10.9. The Morgan fingerprint density at radius 1 is 0.960 bits per heavy atom. The Morgan fingerprint density at radius 2 is 1.52 bits per heavy atom.